The standard InChI is InChI=1S/C23H18F3NO3S/c1-13-19(26)10-16(25)11-21(13)31(28,29)22-12-27-20-7-6-15(24)9-18(20)23(22)14-4-3-5-17(8-14)30-2/h3-13,21H,1-2H3. The molecule has 160 valence electrons. The minimum atomic E-state index is -4.30. The number of fused-ring (bicyclic) bond motifs is 1. The lowest BCUT2D eigenvalue weighted by atomic mass is 10.0. The van der Waals surface area contributed by atoms with Crippen LogP contribution in [0.5, 0.6) is 5.75 Å². The Labute approximate surface area is 177 Å². The van der Waals surface area contributed by atoms with Crippen molar-refractivity contribution in [1.82, 2.24) is 4.98 Å². The molecule has 31 heavy (non-hydrogen) atoms. The van der Waals surface area contributed by atoms with Gasteiger partial charge in [0.05, 0.1) is 22.8 Å². The molecule has 8 heteroatoms. The smallest absolute Gasteiger partial charge is 0.187 e. The number of aromatic nitrogens is 1. The average molecular weight is 445 g/mol. The summed E-state index contributed by atoms with van der Waals surface area (Å²) in [7, 11) is -2.84. The van der Waals surface area contributed by atoms with Crippen LogP contribution < -0.4 is 4.74 Å². The molecule has 2 atom stereocenters. The molecule has 1 aliphatic rings. The number of pyridine rings is 1. The zero-order valence-electron chi connectivity index (χ0n) is 16.6. The van der Waals surface area contributed by atoms with Crippen LogP contribution in [0.1, 0.15) is 6.92 Å². The normalized spacial score (nSPS) is 19.1. The van der Waals surface area contributed by atoms with Gasteiger partial charge >= 0.3 is 0 Å². The molecule has 0 saturated heterocycles. The average Bonchev–Trinajstić information content (AvgIpc) is 2.75. The first kappa shape index (κ1) is 21.1. The molecule has 0 radical (unpaired) electrons. The number of allylic oxidation sites excluding steroid dienone is 3. The van der Waals surface area contributed by atoms with Gasteiger partial charge in [-0.05, 0) is 42.0 Å². The zero-order valence-corrected chi connectivity index (χ0v) is 17.5. The predicted molar refractivity (Wildman–Crippen MR) is 112 cm³/mol. The number of sulfone groups is 1. The summed E-state index contributed by atoms with van der Waals surface area (Å²) < 4.78 is 74.7. The van der Waals surface area contributed by atoms with E-state index in [2.05, 4.69) is 4.98 Å². The van der Waals surface area contributed by atoms with Gasteiger partial charge in [-0.2, -0.15) is 0 Å². The first-order chi connectivity index (χ1) is 14.7. The summed E-state index contributed by atoms with van der Waals surface area (Å²) in [5.74, 6) is -3.03. The summed E-state index contributed by atoms with van der Waals surface area (Å²) in [6.07, 6.45) is 2.71. The molecule has 0 fully saturated rings. The van der Waals surface area contributed by atoms with Crippen LogP contribution in [0.2, 0.25) is 0 Å². The van der Waals surface area contributed by atoms with Crippen LogP contribution >= 0.6 is 0 Å². The molecule has 3 aromatic rings. The molecule has 0 aliphatic heterocycles. The summed E-state index contributed by atoms with van der Waals surface area (Å²) >= 11 is 0. The van der Waals surface area contributed by atoms with Crippen molar-refractivity contribution in [3.63, 3.8) is 0 Å². The summed E-state index contributed by atoms with van der Waals surface area (Å²) in [5, 5.41) is -1.21. The van der Waals surface area contributed by atoms with Gasteiger partial charge in [0, 0.05) is 29.1 Å². The molecule has 0 spiro atoms. The fraction of sp³-hybridized carbons (Fsp3) is 0.174. The number of methoxy groups -OCH3 is 1. The Hall–Kier alpha value is -3.13. The van der Waals surface area contributed by atoms with Crippen LogP contribution in [0.15, 0.2) is 77.4 Å². The predicted octanol–water partition coefficient (Wildman–Crippen LogP) is 5.55. The summed E-state index contributed by atoms with van der Waals surface area (Å²) in [4.78, 5) is 3.93. The third-order valence-corrected chi connectivity index (χ3v) is 7.53. The van der Waals surface area contributed by atoms with E-state index >= 15 is 0 Å². The van der Waals surface area contributed by atoms with Gasteiger partial charge in [-0.15, -0.1) is 0 Å². The highest BCUT2D eigenvalue weighted by Crippen LogP contribution is 2.40. The fourth-order valence-corrected chi connectivity index (χ4v) is 5.69. The molecule has 0 N–H and O–H groups in total. The molecule has 2 unspecified atom stereocenters. The van der Waals surface area contributed by atoms with E-state index in [4.69, 9.17) is 4.74 Å². The zero-order chi connectivity index (χ0) is 22.3. The molecule has 2 aromatic carbocycles. The number of benzene rings is 2. The van der Waals surface area contributed by atoms with E-state index in [0.717, 1.165) is 12.3 Å². The molecule has 4 rings (SSSR count). The van der Waals surface area contributed by atoms with E-state index in [1.807, 2.05) is 0 Å². The minimum Gasteiger partial charge on any atom is -0.497 e. The molecule has 0 amide bonds. The maximum atomic E-state index is 14.2. The molecule has 0 saturated carbocycles. The second-order valence-corrected chi connectivity index (χ2v) is 9.34. The molecule has 1 aliphatic carbocycles. The number of ether oxygens (including phenoxy) is 1. The van der Waals surface area contributed by atoms with Crippen molar-refractivity contribution < 1.29 is 26.3 Å². The maximum Gasteiger partial charge on any atom is 0.187 e. The van der Waals surface area contributed by atoms with Gasteiger partial charge in [-0.25, -0.2) is 21.6 Å². The number of halogens is 3. The van der Waals surface area contributed by atoms with Crippen LogP contribution in [0.3, 0.4) is 0 Å². The van der Waals surface area contributed by atoms with E-state index in [-0.39, 0.29) is 15.8 Å². The SMILES string of the molecule is COc1cccc(-c2c(S(=O)(=O)C3C=C(F)C=C(F)C3C)cnc3ccc(F)cc23)c1. The van der Waals surface area contributed by atoms with Gasteiger partial charge in [0.15, 0.2) is 9.84 Å². The van der Waals surface area contributed by atoms with Crippen molar-refractivity contribution >= 4 is 20.7 Å². The highest BCUT2D eigenvalue weighted by Gasteiger charge is 2.38. The third-order valence-electron chi connectivity index (χ3n) is 5.35. The Balaban J connectivity index is 2.04. The number of hydrogen-bond acceptors (Lipinski definition) is 4. The maximum absolute atomic E-state index is 14.2. The highest BCUT2D eigenvalue weighted by atomic mass is 32.2. The van der Waals surface area contributed by atoms with Gasteiger partial charge in [-0.1, -0.05) is 19.1 Å². The number of rotatable bonds is 4. The largest absolute Gasteiger partial charge is 0.497 e. The van der Waals surface area contributed by atoms with Crippen molar-refractivity contribution in [1.29, 1.82) is 0 Å². The highest BCUT2D eigenvalue weighted by molar-refractivity contribution is 7.92. The van der Waals surface area contributed by atoms with E-state index in [1.165, 1.54) is 32.2 Å². The number of hydrogen-bond donors (Lipinski definition) is 0. The Morgan fingerprint density at radius 2 is 1.84 bits per heavy atom. The van der Waals surface area contributed by atoms with Gasteiger partial charge in [-0.3, -0.25) is 4.98 Å². The van der Waals surface area contributed by atoms with Crippen molar-refractivity contribution in [3.8, 4) is 16.9 Å². The van der Waals surface area contributed by atoms with Crippen LogP contribution in [0, 0.1) is 11.7 Å². The van der Waals surface area contributed by atoms with Crippen LogP contribution in [-0.4, -0.2) is 25.8 Å². The Bertz CT molecular complexity index is 1350. The minimum absolute atomic E-state index is 0.194. The van der Waals surface area contributed by atoms with Crippen LogP contribution in [0.4, 0.5) is 13.2 Å². The third kappa shape index (κ3) is 3.72. The van der Waals surface area contributed by atoms with Gasteiger partial charge in [0.1, 0.15) is 23.2 Å². The Kier molecular flexibility index (Phi) is 5.35. The summed E-state index contributed by atoms with van der Waals surface area (Å²) in [5.41, 5.74) is 1.02. The van der Waals surface area contributed by atoms with Gasteiger partial charge < -0.3 is 4.74 Å². The van der Waals surface area contributed by atoms with Crippen LogP contribution in [0.25, 0.3) is 22.0 Å². The summed E-state index contributed by atoms with van der Waals surface area (Å²) in [6, 6.07) is 10.5. The van der Waals surface area contributed by atoms with E-state index in [1.54, 1.807) is 24.3 Å². The van der Waals surface area contributed by atoms with E-state index < -0.39 is 38.5 Å². The molecule has 1 heterocycles. The second-order valence-electron chi connectivity index (χ2n) is 7.27. The molecule has 0 bridgehead atoms. The van der Waals surface area contributed by atoms with Crippen molar-refractivity contribution in [2.45, 2.75) is 17.1 Å². The summed E-state index contributed by atoms with van der Waals surface area (Å²) in [6.45, 7) is 1.37. The second kappa shape index (κ2) is 7.85. The lowest BCUT2D eigenvalue weighted by Gasteiger charge is -2.24. The quantitative estimate of drug-likeness (QED) is 0.529. The number of nitrogens with zero attached hydrogens (tertiary/aromatic N) is 1. The molecule has 1 aromatic heterocycles. The monoisotopic (exact) mass is 445 g/mol. The lowest BCUT2D eigenvalue weighted by molar-refractivity contribution is 0.415. The first-order valence-corrected chi connectivity index (χ1v) is 11.0. The fourth-order valence-electron chi connectivity index (χ4n) is 3.71. The van der Waals surface area contributed by atoms with E-state index in [0.29, 0.717) is 22.9 Å². The van der Waals surface area contributed by atoms with Gasteiger partial charge in [0.2, 0.25) is 0 Å². The Morgan fingerprint density at radius 1 is 1.06 bits per heavy atom. The lowest BCUT2D eigenvalue weighted by Crippen LogP contribution is -2.29. The van der Waals surface area contributed by atoms with Crippen LogP contribution in [-0.2, 0) is 9.84 Å². The first-order valence-electron chi connectivity index (χ1n) is 9.43. The van der Waals surface area contributed by atoms with Gasteiger partial charge in [0.25, 0.3) is 0 Å². The topological polar surface area (TPSA) is 56.3 Å². The molecular formula is C23H18F3NO3S. The molecule has 4 nitrogen and oxygen atoms in total. The van der Waals surface area contributed by atoms with Crippen molar-refractivity contribution in [3.05, 3.63) is 78.3 Å². The van der Waals surface area contributed by atoms with Crippen molar-refractivity contribution in [2.24, 2.45) is 5.92 Å². The van der Waals surface area contributed by atoms with E-state index in [9.17, 15) is 21.6 Å². The molecular weight excluding hydrogens is 427 g/mol. The Morgan fingerprint density at radius 3 is 2.58 bits per heavy atom. The van der Waals surface area contributed by atoms with Crippen molar-refractivity contribution in [2.75, 3.05) is 7.11 Å².